The molecule has 0 amide bonds. The van der Waals surface area contributed by atoms with E-state index in [-0.39, 0.29) is 0 Å². The molecule has 0 aromatic carbocycles. The van der Waals surface area contributed by atoms with Crippen LogP contribution in [0.25, 0.3) is 0 Å². The van der Waals surface area contributed by atoms with Gasteiger partial charge >= 0.3 is 0 Å². The van der Waals surface area contributed by atoms with Gasteiger partial charge in [0.15, 0.2) is 0 Å². The highest BCUT2D eigenvalue weighted by Gasteiger charge is 1.99. The summed E-state index contributed by atoms with van der Waals surface area (Å²) in [6, 6.07) is 0. The lowest BCUT2D eigenvalue weighted by atomic mass is 10.0. The molecule has 0 aromatic heterocycles. The van der Waals surface area contributed by atoms with Gasteiger partial charge in [0.2, 0.25) is 0 Å². The van der Waals surface area contributed by atoms with Gasteiger partial charge in [-0.15, -0.1) is 0 Å². The molecular weight excluding hydrogens is 154 g/mol. The van der Waals surface area contributed by atoms with Gasteiger partial charge in [-0.3, -0.25) is 0 Å². The Kier molecular flexibility index (Phi) is 5.94. The van der Waals surface area contributed by atoms with Gasteiger partial charge in [0, 0.05) is 18.2 Å². The molecule has 0 aromatic rings. The van der Waals surface area contributed by atoms with Crippen LogP contribution in [0.1, 0.15) is 20.3 Å². The van der Waals surface area contributed by atoms with Crippen LogP contribution in [0.15, 0.2) is 28.5 Å². The molecule has 0 rings (SSSR count). The van der Waals surface area contributed by atoms with Crippen LogP contribution in [0, 0.1) is 5.92 Å². The number of allylic oxidation sites excluding steroid dienone is 1. The maximum Gasteiger partial charge on any atom is 0.0384 e. The van der Waals surface area contributed by atoms with E-state index in [1.54, 1.807) is 11.6 Å². The van der Waals surface area contributed by atoms with Crippen molar-refractivity contribution in [2.75, 3.05) is 0 Å². The maximum absolute atomic E-state index is 4.03. The Morgan fingerprint density at radius 2 is 2.36 bits per heavy atom. The summed E-state index contributed by atoms with van der Waals surface area (Å²) >= 11 is 1.34. The number of hydrogen-bond donors (Lipinski definition) is 0. The molecule has 0 aliphatic carbocycles. The van der Waals surface area contributed by atoms with Crippen LogP contribution in [0.2, 0.25) is 0 Å². The fourth-order valence-corrected chi connectivity index (χ4v) is 0.813. The molecular formula is C9H15NS. The third-order valence-electron chi connectivity index (χ3n) is 1.60. The lowest BCUT2D eigenvalue weighted by Crippen LogP contribution is -1.96. The SMILES string of the molecule is C=CS/N=C\C(=C)C(C)CC. The van der Waals surface area contributed by atoms with Crippen molar-refractivity contribution in [1.29, 1.82) is 0 Å². The van der Waals surface area contributed by atoms with E-state index in [1.807, 2.05) is 0 Å². The summed E-state index contributed by atoms with van der Waals surface area (Å²) in [5.41, 5.74) is 1.09. The van der Waals surface area contributed by atoms with E-state index < -0.39 is 0 Å². The molecule has 0 radical (unpaired) electrons. The highest BCUT2D eigenvalue weighted by atomic mass is 32.2. The average Bonchev–Trinajstić information content (AvgIpc) is 2.03. The average molecular weight is 169 g/mol. The summed E-state index contributed by atoms with van der Waals surface area (Å²) in [4.78, 5) is 0. The molecule has 1 atom stereocenters. The van der Waals surface area contributed by atoms with Crippen LogP contribution >= 0.6 is 11.9 Å². The maximum atomic E-state index is 4.03. The summed E-state index contributed by atoms with van der Waals surface area (Å²) in [7, 11) is 0. The molecule has 0 aliphatic heterocycles. The van der Waals surface area contributed by atoms with E-state index in [9.17, 15) is 0 Å². The van der Waals surface area contributed by atoms with Crippen LogP contribution in [0.4, 0.5) is 0 Å². The number of rotatable bonds is 5. The van der Waals surface area contributed by atoms with Gasteiger partial charge in [0.25, 0.3) is 0 Å². The zero-order valence-electron chi connectivity index (χ0n) is 7.21. The van der Waals surface area contributed by atoms with Crippen molar-refractivity contribution in [2.45, 2.75) is 20.3 Å². The molecule has 11 heavy (non-hydrogen) atoms. The predicted octanol–water partition coefficient (Wildman–Crippen LogP) is 3.45. The van der Waals surface area contributed by atoms with Crippen molar-refractivity contribution in [3.63, 3.8) is 0 Å². The minimum Gasteiger partial charge on any atom is -0.220 e. The second kappa shape index (κ2) is 6.23. The van der Waals surface area contributed by atoms with E-state index in [2.05, 4.69) is 31.4 Å². The van der Waals surface area contributed by atoms with Crippen molar-refractivity contribution in [1.82, 2.24) is 0 Å². The minimum atomic E-state index is 0.532. The fraction of sp³-hybridized carbons (Fsp3) is 0.444. The number of hydrogen-bond acceptors (Lipinski definition) is 2. The normalized spacial score (nSPS) is 13.3. The van der Waals surface area contributed by atoms with E-state index in [4.69, 9.17) is 0 Å². The van der Waals surface area contributed by atoms with Gasteiger partial charge in [0.1, 0.15) is 0 Å². The predicted molar refractivity (Wildman–Crippen MR) is 54.9 cm³/mol. The molecule has 0 saturated carbocycles. The fourth-order valence-electron chi connectivity index (χ4n) is 0.531. The van der Waals surface area contributed by atoms with Gasteiger partial charge in [-0.05, 0) is 23.3 Å². The molecule has 1 unspecified atom stereocenters. The Labute approximate surface area is 73.4 Å². The Morgan fingerprint density at radius 3 is 2.82 bits per heavy atom. The van der Waals surface area contributed by atoms with E-state index in [1.165, 1.54) is 11.9 Å². The molecule has 1 nitrogen and oxygen atoms in total. The van der Waals surface area contributed by atoms with Gasteiger partial charge < -0.3 is 0 Å². The molecule has 0 N–H and O–H groups in total. The standard InChI is InChI=1S/C9H15NS/c1-5-8(3)9(4)7-10-11-6-2/h6-8H,2,4-5H2,1,3H3/b10-7-. The second-order valence-electron chi connectivity index (χ2n) is 2.39. The summed E-state index contributed by atoms with van der Waals surface area (Å²) in [6.45, 7) is 11.7. The van der Waals surface area contributed by atoms with Crippen LogP contribution < -0.4 is 0 Å². The Balaban J connectivity index is 3.75. The Bertz CT molecular complexity index is 161. The van der Waals surface area contributed by atoms with Crippen molar-refractivity contribution in [2.24, 2.45) is 10.3 Å². The zero-order chi connectivity index (χ0) is 8.69. The third kappa shape index (κ3) is 4.85. The van der Waals surface area contributed by atoms with E-state index in [0.717, 1.165) is 12.0 Å². The zero-order valence-corrected chi connectivity index (χ0v) is 8.03. The van der Waals surface area contributed by atoms with Crippen LogP contribution in [0.5, 0.6) is 0 Å². The van der Waals surface area contributed by atoms with E-state index in [0.29, 0.717) is 5.92 Å². The first kappa shape index (κ1) is 10.5. The molecule has 0 aliphatic rings. The van der Waals surface area contributed by atoms with Crippen molar-refractivity contribution < 1.29 is 0 Å². The largest absolute Gasteiger partial charge is 0.220 e. The van der Waals surface area contributed by atoms with Gasteiger partial charge in [-0.2, -0.15) is 0 Å². The first-order chi connectivity index (χ1) is 5.22. The molecule has 62 valence electrons. The van der Waals surface area contributed by atoms with Crippen molar-refractivity contribution in [3.05, 3.63) is 24.1 Å². The molecule has 0 fully saturated rings. The first-order valence-corrected chi connectivity index (χ1v) is 4.54. The first-order valence-electron chi connectivity index (χ1n) is 3.71. The Morgan fingerprint density at radius 1 is 1.73 bits per heavy atom. The highest BCUT2D eigenvalue weighted by Crippen LogP contribution is 2.11. The molecule has 0 saturated heterocycles. The van der Waals surface area contributed by atoms with Gasteiger partial charge in [0.05, 0.1) is 0 Å². The summed E-state index contributed by atoms with van der Waals surface area (Å²) in [5, 5.41) is 1.69. The summed E-state index contributed by atoms with van der Waals surface area (Å²) in [6.07, 6.45) is 2.92. The lowest BCUT2D eigenvalue weighted by Gasteiger charge is -2.05. The smallest absolute Gasteiger partial charge is 0.0384 e. The molecule has 0 spiro atoms. The van der Waals surface area contributed by atoms with Crippen LogP contribution in [-0.4, -0.2) is 6.21 Å². The molecule has 0 bridgehead atoms. The van der Waals surface area contributed by atoms with Crippen LogP contribution in [0.3, 0.4) is 0 Å². The lowest BCUT2D eigenvalue weighted by molar-refractivity contribution is 0.683. The van der Waals surface area contributed by atoms with Crippen molar-refractivity contribution in [3.8, 4) is 0 Å². The summed E-state index contributed by atoms with van der Waals surface area (Å²) < 4.78 is 4.03. The topological polar surface area (TPSA) is 12.4 Å². The van der Waals surface area contributed by atoms with E-state index >= 15 is 0 Å². The van der Waals surface area contributed by atoms with Gasteiger partial charge in [-0.25, -0.2) is 4.40 Å². The van der Waals surface area contributed by atoms with Crippen molar-refractivity contribution >= 4 is 18.2 Å². The summed E-state index contributed by atoms with van der Waals surface area (Å²) in [5.74, 6) is 0.532. The quantitative estimate of drug-likeness (QED) is 0.453. The molecule has 0 heterocycles. The van der Waals surface area contributed by atoms with Gasteiger partial charge in [-0.1, -0.05) is 27.0 Å². The number of nitrogens with zero attached hydrogens (tertiary/aromatic N) is 1. The molecule has 2 heteroatoms. The highest BCUT2D eigenvalue weighted by molar-refractivity contribution is 8.00. The Hall–Kier alpha value is -0.500. The third-order valence-corrected chi connectivity index (χ3v) is 1.98. The monoisotopic (exact) mass is 169 g/mol. The second-order valence-corrected chi connectivity index (χ2v) is 3.15. The minimum absolute atomic E-state index is 0.532. The van der Waals surface area contributed by atoms with Crippen LogP contribution in [-0.2, 0) is 0 Å².